The Labute approximate surface area is 111 Å². The lowest BCUT2D eigenvalue weighted by atomic mass is 10.2. The first-order valence-corrected chi connectivity index (χ1v) is 6.06. The molecule has 1 aromatic heterocycles. The van der Waals surface area contributed by atoms with Crippen LogP contribution >= 0.6 is 27.5 Å². The van der Waals surface area contributed by atoms with Gasteiger partial charge in [0.25, 0.3) is 5.56 Å². The van der Waals surface area contributed by atoms with Gasteiger partial charge in [0.1, 0.15) is 10.3 Å². The van der Waals surface area contributed by atoms with E-state index in [-0.39, 0.29) is 5.56 Å². The Morgan fingerprint density at radius 3 is 2.94 bits per heavy atom. The summed E-state index contributed by atoms with van der Waals surface area (Å²) in [6, 6.07) is 7.51. The second-order valence-corrected chi connectivity index (χ2v) is 4.54. The molecule has 0 spiro atoms. The van der Waals surface area contributed by atoms with Crippen LogP contribution in [0.2, 0.25) is 5.02 Å². The summed E-state index contributed by atoms with van der Waals surface area (Å²) in [5.74, 6) is 0.494. The molecular weight excluding hydrogens is 305 g/mol. The van der Waals surface area contributed by atoms with Crippen molar-refractivity contribution in [2.24, 2.45) is 0 Å². The molecule has 0 aliphatic heterocycles. The average molecular weight is 315 g/mol. The minimum absolute atomic E-state index is 0.221. The molecule has 0 bridgehead atoms. The number of hydrogen-bond acceptors (Lipinski definition) is 3. The van der Waals surface area contributed by atoms with Crippen molar-refractivity contribution in [1.29, 1.82) is 0 Å². The molecule has 0 aliphatic carbocycles. The zero-order valence-electron chi connectivity index (χ0n) is 8.71. The Bertz CT molecular complexity index is 585. The van der Waals surface area contributed by atoms with Gasteiger partial charge in [-0.3, -0.25) is 4.79 Å². The van der Waals surface area contributed by atoms with E-state index >= 15 is 0 Å². The number of rotatable bonds is 3. The van der Waals surface area contributed by atoms with E-state index in [4.69, 9.17) is 11.6 Å². The second-order valence-electron chi connectivity index (χ2n) is 3.34. The molecule has 2 N–H and O–H groups in total. The molecule has 2 rings (SSSR count). The van der Waals surface area contributed by atoms with Gasteiger partial charge in [0.2, 0.25) is 0 Å². The number of nitrogens with zero attached hydrogens (tertiary/aromatic N) is 1. The number of H-pyrrole nitrogens is 1. The monoisotopic (exact) mass is 313 g/mol. The Morgan fingerprint density at radius 2 is 2.18 bits per heavy atom. The van der Waals surface area contributed by atoms with E-state index < -0.39 is 0 Å². The van der Waals surface area contributed by atoms with E-state index in [2.05, 4.69) is 31.2 Å². The first kappa shape index (κ1) is 12.1. The Morgan fingerprint density at radius 1 is 1.41 bits per heavy atom. The van der Waals surface area contributed by atoms with Crippen LogP contribution < -0.4 is 10.9 Å². The maximum absolute atomic E-state index is 11.3. The van der Waals surface area contributed by atoms with Crippen LogP contribution in [-0.2, 0) is 6.54 Å². The summed E-state index contributed by atoms with van der Waals surface area (Å²) in [5.41, 5.74) is 0.727. The van der Waals surface area contributed by atoms with Gasteiger partial charge < -0.3 is 10.3 Å². The minimum Gasteiger partial charge on any atom is -0.365 e. The third kappa shape index (κ3) is 2.87. The number of benzene rings is 1. The summed E-state index contributed by atoms with van der Waals surface area (Å²) in [6.45, 7) is 0.509. The van der Waals surface area contributed by atoms with Crippen LogP contribution in [0.4, 0.5) is 5.82 Å². The van der Waals surface area contributed by atoms with Gasteiger partial charge in [-0.2, -0.15) is 0 Å². The first-order valence-electron chi connectivity index (χ1n) is 4.89. The smallest absolute Gasteiger partial charge is 0.267 e. The number of nitrogens with one attached hydrogen (secondary N) is 2. The van der Waals surface area contributed by atoms with Crippen molar-refractivity contribution in [3.05, 3.63) is 56.0 Å². The predicted molar refractivity (Wildman–Crippen MR) is 71.3 cm³/mol. The lowest BCUT2D eigenvalue weighted by Gasteiger charge is -2.07. The lowest BCUT2D eigenvalue weighted by Crippen LogP contribution is -2.12. The van der Waals surface area contributed by atoms with Crippen LogP contribution in [0.5, 0.6) is 0 Å². The molecular formula is C11H9BrClN3O. The standard InChI is InChI=1S/C11H9BrClN3O/c12-9-10(15-6-16-11(9)17)14-5-7-3-1-2-4-8(7)13/h1-4,6H,5H2,(H2,14,15,16,17). The third-order valence-corrected chi connectivity index (χ3v) is 3.31. The summed E-state index contributed by atoms with van der Waals surface area (Å²) >= 11 is 9.19. The quantitative estimate of drug-likeness (QED) is 0.916. The molecule has 0 saturated heterocycles. The van der Waals surface area contributed by atoms with Gasteiger partial charge >= 0.3 is 0 Å². The van der Waals surface area contributed by atoms with E-state index in [0.717, 1.165) is 5.56 Å². The van der Waals surface area contributed by atoms with Gasteiger partial charge in [-0.25, -0.2) is 4.98 Å². The summed E-state index contributed by atoms with van der Waals surface area (Å²) in [6.07, 6.45) is 1.35. The van der Waals surface area contributed by atoms with Gasteiger partial charge in [-0.1, -0.05) is 29.8 Å². The number of aromatic nitrogens is 2. The highest BCUT2D eigenvalue weighted by molar-refractivity contribution is 9.10. The average Bonchev–Trinajstić information content (AvgIpc) is 2.33. The normalized spacial score (nSPS) is 10.2. The molecule has 0 saturated carbocycles. The summed E-state index contributed by atoms with van der Waals surface area (Å²) in [5, 5.41) is 3.73. The van der Waals surface area contributed by atoms with E-state index in [9.17, 15) is 4.79 Å². The van der Waals surface area contributed by atoms with Crippen molar-refractivity contribution < 1.29 is 0 Å². The fourth-order valence-electron chi connectivity index (χ4n) is 1.33. The van der Waals surface area contributed by atoms with Crippen molar-refractivity contribution in [2.45, 2.75) is 6.54 Å². The van der Waals surface area contributed by atoms with Crippen molar-refractivity contribution in [1.82, 2.24) is 9.97 Å². The molecule has 88 valence electrons. The first-order chi connectivity index (χ1) is 8.18. The third-order valence-electron chi connectivity index (χ3n) is 2.20. The number of hydrogen-bond donors (Lipinski definition) is 2. The highest BCUT2D eigenvalue weighted by Gasteiger charge is 2.05. The fourth-order valence-corrected chi connectivity index (χ4v) is 1.89. The van der Waals surface area contributed by atoms with Crippen molar-refractivity contribution >= 4 is 33.3 Å². The topological polar surface area (TPSA) is 57.8 Å². The van der Waals surface area contributed by atoms with Crippen LogP contribution in [0, 0.1) is 0 Å². The van der Waals surface area contributed by atoms with Crippen molar-refractivity contribution in [3.8, 4) is 0 Å². The molecule has 2 aromatic rings. The van der Waals surface area contributed by atoms with Crippen LogP contribution in [0.15, 0.2) is 39.9 Å². The molecule has 0 amide bonds. The van der Waals surface area contributed by atoms with Gasteiger partial charge in [0.05, 0.1) is 6.33 Å². The summed E-state index contributed by atoms with van der Waals surface area (Å²) in [4.78, 5) is 17.8. The fraction of sp³-hybridized carbons (Fsp3) is 0.0909. The van der Waals surface area contributed by atoms with Crippen LogP contribution in [-0.4, -0.2) is 9.97 Å². The van der Waals surface area contributed by atoms with Gasteiger partial charge in [0.15, 0.2) is 0 Å². The van der Waals surface area contributed by atoms with Crippen LogP contribution in [0.25, 0.3) is 0 Å². The number of halogens is 2. The molecule has 1 aromatic carbocycles. The van der Waals surface area contributed by atoms with Crippen molar-refractivity contribution in [3.63, 3.8) is 0 Å². The maximum atomic E-state index is 11.3. The van der Waals surface area contributed by atoms with Gasteiger partial charge in [0, 0.05) is 11.6 Å². The summed E-state index contributed by atoms with van der Waals surface area (Å²) < 4.78 is 0.382. The zero-order valence-corrected chi connectivity index (χ0v) is 11.0. The van der Waals surface area contributed by atoms with E-state index in [1.54, 1.807) is 0 Å². The summed E-state index contributed by atoms with van der Waals surface area (Å²) in [7, 11) is 0. The van der Waals surface area contributed by atoms with Crippen LogP contribution in [0.1, 0.15) is 5.56 Å². The molecule has 0 unspecified atom stereocenters. The highest BCUT2D eigenvalue weighted by Crippen LogP contribution is 2.18. The van der Waals surface area contributed by atoms with Gasteiger partial charge in [-0.05, 0) is 27.6 Å². The highest BCUT2D eigenvalue weighted by atomic mass is 79.9. The molecule has 4 nitrogen and oxygen atoms in total. The molecule has 0 fully saturated rings. The minimum atomic E-state index is -0.221. The van der Waals surface area contributed by atoms with E-state index in [1.165, 1.54) is 6.33 Å². The number of aromatic amines is 1. The Balaban J connectivity index is 2.16. The molecule has 0 atom stereocenters. The lowest BCUT2D eigenvalue weighted by molar-refractivity contribution is 1.05. The molecule has 1 heterocycles. The number of anilines is 1. The molecule has 6 heteroatoms. The SMILES string of the molecule is O=c1[nH]cnc(NCc2ccccc2Cl)c1Br. The zero-order chi connectivity index (χ0) is 12.3. The van der Waals surface area contributed by atoms with E-state index in [1.807, 2.05) is 24.3 Å². The molecule has 17 heavy (non-hydrogen) atoms. The van der Waals surface area contributed by atoms with Gasteiger partial charge in [-0.15, -0.1) is 0 Å². The maximum Gasteiger partial charge on any atom is 0.267 e. The second kappa shape index (κ2) is 5.33. The molecule has 0 aliphatic rings. The van der Waals surface area contributed by atoms with Crippen LogP contribution in [0.3, 0.4) is 0 Å². The van der Waals surface area contributed by atoms with E-state index in [0.29, 0.717) is 21.9 Å². The predicted octanol–water partition coefficient (Wildman–Crippen LogP) is 2.80. The molecule has 0 radical (unpaired) electrons. The Hall–Kier alpha value is -1.33. The Kier molecular flexibility index (Phi) is 3.81. The van der Waals surface area contributed by atoms with Crippen molar-refractivity contribution in [2.75, 3.05) is 5.32 Å². The largest absolute Gasteiger partial charge is 0.365 e.